The number of sulfonamides is 1. The van der Waals surface area contributed by atoms with Crippen LogP contribution in [0.2, 0.25) is 0 Å². The monoisotopic (exact) mass is 226 g/mol. The Morgan fingerprint density at radius 2 is 1.80 bits per heavy atom. The summed E-state index contributed by atoms with van der Waals surface area (Å²) in [6.07, 6.45) is 1.95. The number of rotatable bonds is 3. The minimum absolute atomic E-state index is 0.206. The van der Waals surface area contributed by atoms with Crippen molar-refractivity contribution >= 4 is 10.0 Å². The summed E-state index contributed by atoms with van der Waals surface area (Å²) in [7, 11) is -1.93. The van der Waals surface area contributed by atoms with E-state index in [0.717, 1.165) is 18.4 Å². The largest absolute Gasteiger partial charge is 0.321 e. The van der Waals surface area contributed by atoms with E-state index in [1.807, 2.05) is 0 Å². The van der Waals surface area contributed by atoms with E-state index in [1.54, 1.807) is 24.3 Å². The molecule has 0 amide bonds. The summed E-state index contributed by atoms with van der Waals surface area (Å²) in [5.74, 6) is 0. The van der Waals surface area contributed by atoms with Crippen molar-refractivity contribution in [1.82, 2.24) is 4.72 Å². The molecule has 0 atom stereocenters. The molecule has 2 rings (SSSR count). The minimum Gasteiger partial charge on any atom is -0.321 e. The first-order valence-corrected chi connectivity index (χ1v) is 6.29. The van der Waals surface area contributed by atoms with E-state index in [1.165, 1.54) is 7.05 Å². The molecule has 1 aliphatic carbocycles. The first kappa shape index (κ1) is 10.6. The highest BCUT2D eigenvalue weighted by Crippen LogP contribution is 2.42. The maximum atomic E-state index is 11.4. The van der Waals surface area contributed by atoms with Crippen molar-refractivity contribution in [1.29, 1.82) is 0 Å². The minimum atomic E-state index is -3.33. The van der Waals surface area contributed by atoms with Crippen LogP contribution in [0.25, 0.3) is 0 Å². The molecule has 1 aromatic carbocycles. The highest BCUT2D eigenvalue weighted by molar-refractivity contribution is 7.89. The normalized spacial score (nSPS) is 18.8. The molecular weight excluding hydrogens is 212 g/mol. The van der Waals surface area contributed by atoms with E-state index in [0.29, 0.717) is 0 Å². The molecule has 5 heteroatoms. The van der Waals surface area contributed by atoms with Crippen LogP contribution in [0.1, 0.15) is 18.4 Å². The molecule has 82 valence electrons. The van der Waals surface area contributed by atoms with Gasteiger partial charge in [-0.15, -0.1) is 0 Å². The fourth-order valence-corrected chi connectivity index (χ4v) is 2.24. The average Bonchev–Trinajstić information content (AvgIpc) is 2.98. The highest BCUT2D eigenvalue weighted by atomic mass is 32.2. The summed E-state index contributed by atoms with van der Waals surface area (Å²) in [6.45, 7) is 0. The topological polar surface area (TPSA) is 72.2 Å². The van der Waals surface area contributed by atoms with Crippen molar-refractivity contribution in [2.75, 3.05) is 7.05 Å². The Hall–Kier alpha value is -0.910. The highest BCUT2D eigenvalue weighted by Gasteiger charge is 2.39. The van der Waals surface area contributed by atoms with E-state index < -0.39 is 10.0 Å². The molecule has 1 saturated carbocycles. The quantitative estimate of drug-likeness (QED) is 0.790. The molecule has 0 radical (unpaired) electrons. The van der Waals surface area contributed by atoms with Crippen LogP contribution >= 0.6 is 0 Å². The van der Waals surface area contributed by atoms with Gasteiger partial charge in [0.2, 0.25) is 10.0 Å². The molecule has 1 aromatic rings. The van der Waals surface area contributed by atoms with Gasteiger partial charge < -0.3 is 5.73 Å². The number of hydrogen-bond acceptors (Lipinski definition) is 3. The second-order valence-corrected chi connectivity index (χ2v) is 5.77. The maximum Gasteiger partial charge on any atom is 0.240 e. The predicted molar refractivity (Wildman–Crippen MR) is 57.8 cm³/mol. The van der Waals surface area contributed by atoms with Gasteiger partial charge in [-0.05, 0) is 37.6 Å². The van der Waals surface area contributed by atoms with Gasteiger partial charge in [0.1, 0.15) is 0 Å². The Balaban J connectivity index is 2.33. The van der Waals surface area contributed by atoms with Crippen molar-refractivity contribution in [3.63, 3.8) is 0 Å². The number of nitrogens with two attached hydrogens (primary N) is 1. The third-order valence-electron chi connectivity index (χ3n) is 2.80. The van der Waals surface area contributed by atoms with Crippen LogP contribution in [0.15, 0.2) is 29.2 Å². The lowest BCUT2D eigenvalue weighted by Gasteiger charge is -2.09. The second kappa shape index (κ2) is 3.30. The molecular formula is C10H14N2O2S. The molecule has 1 fully saturated rings. The Morgan fingerprint density at radius 1 is 1.27 bits per heavy atom. The second-order valence-electron chi connectivity index (χ2n) is 3.89. The Bertz CT molecular complexity index is 461. The molecule has 3 N–H and O–H groups in total. The molecule has 0 spiro atoms. The van der Waals surface area contributed by atoms with Crippen LogP contribution < -0.4 is 10.5 Å². The number of benzene rings is 1. The van der Waals surface area contributed by atoms with E-state index in [-0.39, 0.29) is 10.4 Å². The Morgan fingerprint density at radius 3 is 2.20 bits per heavy atom. The Labute approximate surface area is 89.5 Å². The average molecular weight is 226 g/mol. The van der Waals surface area contributed by atoms with Gasteiger partial charge in [-0.2, -0.15) is 0 Å². The lowest BCUT2D eigenvalue weighted by Crippen LogP contribution is -2.20. The molecule has 0 aliphatic heterocycles. The van der Waals surface area contributed by atoms with E-state index in [4.69, 9.17) is 5.73 Å². The maximum absolute atomic E-state index is 11.4. The third kappa shape index (κ3) is 1.90. The number of nitrogens with one attached hydrogen (secondary N) is 1. The molecule has 0 bridgehead atoms. The zero-order valence-electron chi connectivity index (χ0n) is 8.53. The zero-order valence-corrected chi connectivity index (χ0v) is 9.34. The van der Waals surface area contributed by atoms with Crippen molar-refractivity contribution < 1.29 is 8.42 Å². The molecule has 15 heavy (non-hydrogen) atoms. The molecule has 0 heterocycles. The SMILES string of the molecule is CNS(=O)(=O)c1ccc(C2(N)CC2)cc1. The molecule has 1 aliphatic rings. The smallest absolute Gasteiger partial charge is 0.240 e. The van der Waals surface area contributed by atoms with Gasteiger partial charge in [0.25, 0.3) is 0 Å². The van der Waals surface area contributed by atoms with Crippen LogP contribution in [0, 0.1) is 0 Å². The van der Waals surface area contributed by atoms with Gasteiger partial charge in [0.05, 0.1) is 4.90 Å². The van der Waals surface area contributed by atoms with Gasteiger partial charge in [0.15, 0.2) is 0 Å². The van der Waals surface area contributed by atoms with Crippen molar-refractivity contribution in [2.45, 2.75) is 23.3 Å². The lowest BCUT2D eigenvalue weighted by molar-refractivity contribution is 0.588. The van der Waals surface area contributed by atoms with E-state index in [2.05, 4.69) is 4.72 Å². The van der Waals surface area contributed by atoms with Crippen LogP contribution in [-0.4, -0.2) is 15.5 Å². The van der Waals surface area contributed by atoms with E-state index in [9.17, 15) is 8.42 Å². The summed E-state index contributed by atoms with van der Waals surface area (Å²) < 4.78 is 25.1. The standard InChI is InChI=1S/C10H14N2O2S/c1-12-15(13,14)9-4-2-8(3-5-9)10(11)6-7-10/h2-5,12H,6-7,11H2,1H3. The number of hydrogen-bond donors (Lipinski definition) is 2. The Kier molecular flexibility index (Phi) is 2.33. The summed E-state index contributed by atoms with van der Waals surface area (Å²) >= 11 is 0. The van der Waals surface area contributed by atoms with Crippen LogP contribution in [0.5, 0.6) is 0 Å². The van der Waals surface area contributed by atoms with Crippen molar-refractivity contribution in [3.8, 4) is 0 Å². The van der Waals surface area contributed by atoms with Crippen LogP contribution in [0.4, 0.5) is 0 Å². The van der Waals surface area contributed by atoms with Crippen LogP contribution in [0.3, 0.4) is 0 Å². The summed E-state index contributed by atoms with van der Waals surface area (Å²) in [6, 6.07) is 6.76. The first-order valence-electron chi connectivity index (χ1n) is 4.81. The fraction of sp³-hybridized carbons (Fsp3) is 0.400. The summed E-state index contributed by atoms with van der Waals surface area (Å²) in [4.78, 5) is 0.276. The van der Waals surface area contributed by atoms with Gasteiger partial charge in [-0.1, -0.05) is 12.1 Å². The van der Waals surface area contributed by atoms with Crippen molar-refractivity contribution in [2.24, 2.45) is 5.73 Å². The van der Waals surface area contributed by atoms with E-state index >= 15 is 0 Å². The first-order chi connectivity index (χ1) is 6.98. The summed E-state index contributed by atoms with van der Waals surface area (Å²) in [5, 5.41) is 0. The van der Waals surface area contributed by atoms with Gasteiger partial charge in [-0.3, -0.25) is 0 Å². The lowest BCUT2D eigenvalue weighted by atomic mass is 10.1. The molecule has 4 nitrogen and oxygen atoms in total. The third-order valence-corrected chi connectivity index (χ3v) is 4.23. The molecule has 0 unspecified atom stereocenters. The van der Waals surface area contributed by atoms with Gasteiger partial charge in [-0.25, -0.2) is 13.1 Å². The van der Waals surface area contributed by atoms with Gasteiger partial charge >= 0.3 is 0 Å². The van der Waals surface area contributed by atoms with Crippen molar-refractivity contribution in [3.05, 3.63) is 29.8 Å². The zero-order chi connectivity index (χ0) is 11.1. The molecule has 0 saturated heterocycles. The van der Waals surface area contributed by atoms with Crippen LogP contribution in [-0.2, 0) is 15.6 Å². The van der Waals surface area contributed by atoms with Gasteiger partial charge in [0, 0.05) is 5.54 Å². The summed E-state index contributed by atoms with van der Waals surface area (Å²) in [5.41, 5.74) is 6.80. The fourth-order valence-electron chi connectivity index (χ4n) is 1.51. The predicted octanol–water partition coefficient (Wildman–Crippen LogP) is 0.542. The molecule has 0 aromatic heterocycles.